The molecule has 1 unspecified atom stereocenters. The van der Waals surface area contributed by atoms with E-state index in [0.717, 1.165) is 6.07 Å². The molecule has 2 amide bonds. The summed E-state index contributed by atoms with van der Waals surface area (Å²) in [4.78, 5) is 33.0. The second-order valence-electron chi connectivity index (χ2n) is 3.73. The van der Waals surface area contributed by atoms with E-state index in [1.807, 2.05) is 0 Å². The maximum Gasteiger partial charge on any atom is 0.287 e. The minimum Gasteiger partial charge on any atom is -0.357 e. The van der Waals surface area contributed by atoms with Gasteiger partial charge in [0.25, 0.3) is 11.6 Å². The molecule has 2 N–H and O–H groups in total. The van der Waals surface area contributed by atoms with Crippen LogP contribution in [-0.4, -0.2) is 29.8 Å². The van der Waals surface area contributed by atoms with E-state index in [0.29, 0.717) is 0 Å². The molecule has 0 saturated heterocycles. The highest BCUT2D eigenvalue weighted by Gasteiger charge is 2.18. The van der Waals surface area contributed by atoms with Crippen molar-refractivity contribution < 1.29 is 14.5 Å². The van der Waals surface area contributed by atoms with Crippen LogP contribution in [-0.2, 0) is 4.79 Å². The highest BCUT2D eigenvalue weighted by atomic mass is 35.5. The topological polar surface area (TPSA) is 101 Å². The second-order valence-corrected chi connectivity index (χ2v) is 4.14. The van der Waals surface area contributed by atoms with E-state index in [1.54, 1.807) is 0 Å². The Kier molecular flexibility index (Phi) is 4.82. The van der Waals surface area contributed by atoms with Crippen LogP contribution in [0.15, 0.2) is 18.2 Å². The minimum atomic E-state index is -0.716. The number of benzene rings is 1. The Balaban J connectivity index is 2.87. The molecule has 0 heterocycles. The fourth-order valence-corrected chi connectivity index (χ4v) is 1.61. The maximum absolute atomic E-state index is 11.8. The van der Waals surface area contributed by atoms with E-state index in [-0.39, 0.29) is 22.2 Å². The van der Waals surface area contributed by atoms with E-state index in [9.17, 15) is 19.7 Å². The Morgan fingerprint density at radius 1 is 1.42 bits per heavy atom. The Bertz CT molecular complexity index is 533. The number of hydrogen-bond donors (Lipinski definition) is 2. The molecule has 1 atom stereocenters. The molecule has 0 aliphatic carbocycles. The average molecular weight is 286 g/mol. The predicted molar refractivity (Wildman–Crippen MR) is 69.1 cm³/mol. The maximum atomic E-state index is 11.8. The Hall–Kier alpha value is -2.15. The standard InChI is InChI=1S/C11H12ClN3O4/c1-6(10(16)13-2)14-11(17)7-3-4-9(15(18)19)8(12)5-7/h3-6H,1-2H3,(H,13,16)(H,14,17). The summed E-state index contributed by atoms with van der Waals surface area (Å²) in [6.45, 7) is 1.52. The number of hydrogen-bond acceptors (Lipinski definition) is 4. The van der Waals surface area contributed by atoms with E-state index in [2.05, 4.69) is 10.6 Å². The van der Waals surface area contributed by atoms with Crippen LogP contribution < -0.4 is 10.6 Å². The van der Waals surface area contributed by atoms with Crippen LogP contribution in [0.5, 0.6) is 0 Å². The molecule has 0 radical (unpaired) electrons. The first kappa shape index (κ1) is 14.9. The molecule has 1 aromatic rings. The molecule has 0 spiro atoms. The summed E-state index contributed by atoms with van der Waals surface area (Å²) in [6.07, 6.45) is 0. The lowest BCUT2D eigenvalue weighted by Gasteiger charge is -2.12. The Morgan fingerprint density at radius 2 is 2.05 bits per heavy atom. The SMILES string of the molecule is CNC(=O)C(C)NC(=O)c1ccc([N+](=O)[O-])c(Cl)c1. The lowest BCUT2D eigenvalue weighted by Crippen LogP contribution is -2.43. The number of rotatable bonds is 4. The number of halogens is 1. The van der Waals surface area contributed by atoms with Gasteiger partial charge in [-0.05, 0) is 19.1 Å². The third-order valence-corrected chi connectivity index (χ3v) is 2.70. The highest BCUT2D eigenvalue weighted by molar-refractivity contribution is 6.33. The van der Waals surface area contributed by atoms with Crippen molar-refractivity contribution in [3.05, 3.63) is 38.9 Å². The summed E-state index contributed by atoms with van der Waals surface area (Å²) in [5.74, 6) is -0.880. The monoisotopic (exact) mass is 285 g/mol. The van der Waals surface area contributed by atoms with Crippen LogP contribution >= 0.6 is 11.6 Å². The Labute approximate surface area is 114 Å². The van der Waals surface area contributed by atoms with Crippen molar-refractivity contribution in [1.29, 1.82) is 0 Å². The van der Waals surface area contributed by atoms with Gasteiger partial charge in [0.1, 0.15) is 11.1 Å². The molecule has 0 aliphatic rings. The van der Waals surface area contributed by atoms with Gasteiger partial charge in [0.15, 0.2) is 0 Å². The molecule has 1 aromatic carbocycles. The predicted octanol–water partition coefficient (Wildman–Crippen LogP) is 1.11. The lowest BCUT2D eigenvalue weighted by atomic mass is 10.2. The van der Waals surface area contributed by atoms with Crippen molar-refractivity contribution in [2.45, 2.75) is 13.0 Å². The van der Waals surface area contributed by atoms with E-state index >= 15 is 0 Å². The fourth-order valence-electron chi connectivity index (χ4n) is 1.36. The molecule has 0 bridgehead atoms. The van der Waals surface area contributed by atoms with Crippen LogP contribution in [0, 0.1) is 10.1 Å². The van der Waals surface area contributed by atoms with Gasteiger partial charge in [-0.1, -0.05) is 11.6 Å². The second kappa shape index (κ2) is 6.14. The minimum absolute atomic E-state index is 0.134. The number of nitrogens with one attached hydrogen (secondary N) is 2. The van der Waals surface area contributed by atoms with Crippen molar-refractivity contribution in [3.8, 4) is 0 Å². The zero-order valence-electron chi connectivity index (χ0n) is 10.3. The smallest absolute Gasteiger partial charge is 0.287 e. The first-order chi connectivity index (χ1) is 8.86. The van der Waals surface area contributed by atoms with Crippen molar-refractivity contribution in [3.63, 3.8) is 0 Å². The molecular formula is C11H12ClN3O4. The first-order valence-corrected chi connectivity index (χ1v) is 5.71. The average Bonchev–Trinajstić information content (AvgIpc) is 2.36. The fraction of sp³-hybridized carbons (Fsp3) is 0.273. The molecule has 102 valence electrons. The van der Waals surface area contributed by atoms with Gasteiger partial charge in [0.2, 0.25) is 5.91 Å². The lowest BCUT2D eigenvalue weighted by molar-refractivity contribution is -0.384. The van der Waals surface area contributed by atoms with Crippen molar-refractivity contribution in [1.82, 2.24) is 10.6 Å². The zero-order chi connectivity index (χ0) is 14.6. The largest absolute Gasteiger partial charge is 0.357 e. The van der Waals surface area contributed by atoms with Gasteiger partial charge < -0.3 is 10.6 Å². The molecule has 0 fully saturated rings. The van der Waals surface area contributed by atoms with Crippen molar-refractivity contribution >= 4 is 29.1 Å². The van der Waals surface area contributed by atoms with Crippen LogP contribution in [0.3, 0.4) is 0 Å². The molecular weight excluding hydrogens is 274 g/mol. The summed E-state index contributed by atoms with van der Waals surface area (Å²) >= 11 is 5.69. The summed E-state index contributed by atoms with van der Waals surface area (Å²) in [7, 11) is 1.45. The van der Waals surface area contributed by atoms with Gasteiger partial charge in [-0.3, -0.25) is 19.7 Å². The molecule has 7 nitrogen and oxygen atoms in total. The van der Waals surface area contributed by atoms with E-state index in [1.165, 1.54) is 26.1 Å². The molecule has 19 heavy (non-hydrogen) atoms. The summed E-state index contributed by atoms with van der Waals surface area (Å²) in [5, 5.41) is 15.3. The van der Waals surface area contributed by atoms with E-state index in [4.69, 9.17) is 11.6 Å². The molecule has 0 saturated carbocycles. The summed E-state index contributed by atoms with van der Waals surface area (Å²) in [5.41, 5.74) is -0.135. The quantitative estimate of drug-likeness (QED) is 0.639. The highest BCUT2D eigenvalue weighted by Crippen LogP contribution is 2.24. The van der Waals surface area contributed by atoms with Crippen molar-refractivity contribution in [2.24, 2.45) is 0 Å². The van der Waals surface area contributed by atoms with Gasteiger partial charge in [-0.25, -0.2) is 0 Å². The number of carbonyl (C=O) groups excluding carboxylic acids is 2. The number of carbonyl (C=O) groups is 2. The number of amides is 2. The van der Waals surface area contributed by atoms with Crippen LogP contribution in [0.25, 0.3) is 0 Å². The summed E-state index contributed by atoms with van der Waals surface area (Å²) in [6, 6.07) is 2.88. The van der Waals surface area contributed by atoms with Gasteiger partial charge in [-0.2, -0.15) is 0 Å². The van der Waals surface area contributed by atoms with E-state index < -0.39 is 16.9 Å². The van der Waals surface area contributed by atoms with Crippen LogP contribution in [0.2, 0.25) is 5.02 Å². The third kappa shape index (κ3) is 3.65. The molecule has 0 aromatic heterocycles. The molecule has 8 heteroatoms. The van der Waals surface area contributed by atoms with Crippen molar-refractivity contribution in [2.75, 3.05) is 7.05 Å². The van der Waals surface area contributed by atoms with Gasteiger partial charge >= 0.3 is 0 Å². The van der Waals surface area contributed by atoms with Crippen LogP contribution in [0.1, 0.15) is 17.3 Å². The Morgan fingerprint density at radius 3 is 2.53 bits per heavy atom. The third-order valence-electron chi connectivity index (χ3n) is 2.39. The number of nitrogens with zero attached hydrogens (tertiary/aromatic N) is 1. The van der Waals surface area contributed by atoms with Gasteiger partial charge in [0.05, 0.1) is 4.92 Å². The van der Waals surface area contributed by atoms with Gasteiger partial charge in [0, 0.05) is 18.7 Å². The first-order valence-electron chi connectivity index (χ1n) is 5.33. The number of likely N-dealkylation sites (N-methyl/N-ethyl adjacent to an activating group) is 1. The summed E-state index contributed by atoms with van der Waals surface area (Å²) < 4.78 is 0. The number of nitro benzene ring substituents is 1. The molecule has 1 rings (SSSR count). The van der Waals surface area contributed by atoms with Crippen LogP contribution in [0.4, 0.5) is 5.69 Å². The zero-order valence-corrected chi connectivity index (χ0v) is 11.0. The molecule has 0 aliphatic heterocycles. The number of nitro groups is 1. The normalized spacial score (nSPS) is 11.5. The van der Waals surface area contributed by atoms with Gasteiger partial charge in [-0.15, -0.1) is 0 Å².